The number of carbonyl (C=O) groups excluding carboxylic acids is 2. The molecule has 0 radical (unpaired) electrons. The van der Waals surface area contributed by atoms with Gasteiger partial charge in [-0.3, -0.25) is 9.59 Å². The van der Waals surface area contributed by atoms with Crippen LogP contribution in [0.4, 0.5) is 0 Å². The van der Waals surface area contributed by atoms with Crippen molar-refractivity contribution in [3.63, 3.8) is 0 Å². The van der Waals surface area contributed by atoms with Gasteiger partial charge in [-0.1, -0.05) is 25.8 Å². The van der Waals surface area contributed by atoms with E-state index in [0.29, 0.717) is 19.5 Å². The lowest BCUT2D eigenvalue weighted by molar-refractivity contribution is -0.218. The summed E-state index contributed by atoms with van der Waals surface area (Å²) in [7, 11) is 0. The second-order valence-corrected chi connectivity index (χ2v) is 6.77. The number of nitrogens with one attached hydrogen (secondary N) is 2. The molecule has 1 spiro atoms. The molecule has 24 heavy (non-hydrogen) atoms. The maximum atomic E-state index is 12.5. The zero-order valence-electron chi connectivity index (χ0n) is 14.8. The molecule has 0 saturated carbocycles. The molecular formula is C18H31N3O3. The molecule has 0 aromatic heterocycles. The molecule has 1 unspecified atom stereocenters. The van der Waals surface area contributed by atoms with Crippen molar-refractivity contribution in [3.8, 4) is 0 Å². The number of piperidine rings is 1. The van der Waals surface area contributed by atoms with Crippen LogP contribution in [0.3, 0.4) is 0 Å². The van der Waals surface area contributed by atoms with Crippen molar-refractivity contribution in [3.05, 3.63) is 12.7 Å². The van der Waals surface area contributed by atoms with Gasteiger partial charge in [0.1, 0.15) is 12.2 Å². The van der Waals surface area contributed by atoms with Gasteiger partial charge in [0.2, 0.25) is 5.91 Å². The highest BCUT2D eigenvalue weighted by molar-refractivity contribution is 5.88. The maximum absolute atomic E-state index is 12.5. The van der Waals surface area contributed by atoms with Crippen molar-refractivity contribution < 1.29 is 14.4 Å². The number of rotatable bonds is 9. The molecule has 2 heterocycles. The minimum absolute atomic E-state index is 0.0192. The highest BCUT2D eigenvalue weighted by Crippen LogP contribution is 2.31. The summed E-state index contributed by atoms with van der Waals surface area (Å²) in [6.45, 7) is 7.57. The van der Waals surface area contributed by atoms with Crippen molar-refractivity contribution in [1.29, 1.82) is 0 Å². The summed E-state index contributed by atoms with van der Waals surface area (Å²) in [4.78, 5) is 30.5. The van der Waals surface area contributed by atoms with Crippen LogP contribution in [0.25, 0.3) is 0 Å². The van der Waals surface area contributed by atoms with E-state index >= 15 is 0 Å². The molecule has 2 saturated heterocycles. The van der Waals surface area contributed by atoms with Crippen molar-refractivity contribution in [1.82, 2.24) is 15.7 Å². The molecule has 2 fully saturated rings. The summed E-state index contributed by atoms with van der Waals surface area (Å²) >= 11 is 0. The van der Waals surface area contributed by atoms with Crippen molar-refractivity contribution in [2.75, 3.05) is 19.8 Å². The average Bonchev–Trinajstić information content (AvgIpc) is 2.88. The van der Waals surface area contributed by atoms with E-state index in [-0.39, 0.29) is 17.8 Å². The van der Waals surface area contributed by atoms with Crippen molar-refractivity contribution >= 4 is 11.9 Å². The van der Waals surface area contributed by atoms with Crippen LogP contribution in [-0.4, -0.2) is 42.2 Å². The predicted molar refractivity (Wildman–Crippen MR) is 92.8 cm³/mol. The van der Waals surface area contributed by atoms with Crippen LogP contribution in [0, 0.1) is 5.92 Å². The van der Waals surface area contributed by atoms with Gasteiger partial charge in [-0.05, 0) is 51.6 Å². The normalized spacial score (nSPS) is 21.5. The summed E-state index contributed by atoms with van der Waals surface area (Å²) in [5.74, 6) is -0.312. The Balaban J connectivity index is 1.86. The third-order valence-electron chi connectivity index (χ3n) is 5.20. The standard InChI is InChI=1S/C18H31N3O3/c1-3-5-6-7-8-9-15(4-2)16(22)24-21-14-20-17(23)18(21)10-12-19-13-11-18/h3,15,19H,1,4-14H2,2H3,(H,20,23). The predicted octanol–water partition coefficient (Wildman–Crippen LogP) is 2.12. The van der Waals surface area contributed by atoms with E-state index in [9.17, 15) is 9.59 Å². The molecule has 6 nitrogen and oxygen atoms in total. The molecule has 1 atom stereocenters. The summed E-state index contributed by atoms with van der Waals surface area (Å²) in [6, 6.07) is 0. The molecular weight excluding hydrogens is 306 g/mol. The number of hydroxylamine groups is 2. The molecule has 136 valence electrons. The van der Waals surface area contributed by atoms with Gasteiger partial charge in [0, 0.05) is 0 Å². The molecule has 2 N–H and O–H groups in total. The minimum Gasteiger partial charge on any atom is -0.365 e. The summed E-state index contributed by atoms with van der Waals surface area (Å²) in [6.07, 6.45) is 9.16. The van der Waals surface area contributed by atoms with E-state index < -0.39 is 5.54 Å². The van der Waals surface area contributed by atoms with Gasteiger partial charge < -0.3 is 15.5 Å². The van der Waals surface area contributed by atoms with Crippen LogP contribution in [0.5, 0.6) is 0 Å². The smallest absolute Gasteiger partial charge is 0.328 e. The first-order valence-corrected chi connectivity index (χ1v) is 9.23. The summed E-state index contributed by atoms with van der Waals surface area (Å²) < 4.78 is 0. The van der Waals surface area contributed by atoms with E-state index in [1.807, 2.05) is 13.0 Å². The number of allylic oxidation sites excluding steroid dienone is 1. The molecule has 0 aromatic rings. The van der Waals surface area contributed by atoms with Gasteiger partial charge in [0.25, 0.3) is 0 Å². The van der Waals surface area contributed by atoms with Crippen molar-refractivity contribution in [2.45, 2.75) is 63.8 Å². The molecule has 2 aliphatic heterocycles. The first-order chi connectivity index (χ1) is 11.6. The Morgan fingerprint density at radius 3 is 2.79 bits per heavy atom. The van der Waals surface area contributed by atoms with E-state index in [4.69, 9.17) is 4.84 Å². The lowest BCUT2D eigenvalue weighted by Gasteiger charge is -2.37. The second kappa shape index (κ2) is 9.18. The number of unbranched alkanes of at least 4 members (excludes halogenated alkanes) is 3. The minimum atomic E-state index is -0.677. The molecule has 2 aliphatic rings. The van der Waals surface area contributed by atoms with Gasteiger partial charge in [0.05, 0.1) is 5.92 Å². The molecule has 2 rings (SSSR count). The van der Waals surface area contributed by atoms with E-state index in [0.717, 1.165) is 51.6 Å². The molecule has 0 bridgehead atoms. The summed E-state index contributed by atoms with van der Waals surface area (Å²) in [5, 5.41) is 7.68. The van der Waals surface area contributed by atoms with Crippen LogP contribution >= 0.6 is 0 Å². The Morgan fingerprint density at radius 2 is 2.12 bits per heavy atom. The quantitative estimate of drug-likeness (QED) is 0.498. The number of carbonyl (C=O) groups is 2. The molecule has 6 heteroatoms. The van der Waals surface area contributed by atoms with Crippen molar-refractivity contribution in [2.24, 2.45) is 5.92 Å². The van der Waals surface area contributed by atoms with Gasteiger partial charge >= 0.3 is 5.97 Å². The lowest BCUT2D eigenvalue weighted by atomic mass is 9.88. The number of hydrogen-bond donors (Lipinski definition) is 2. The third-order valence-corrected chi connectivity index (χ3v) is 5.20. The van der Waals surface area contributed by atoms with Crippen LogP contribution in [-0.2, 0) is 14.4 Å². The highest BCUT2D eigenvalue weighted by Gasteiger charge is 2.51. The fourth-order valence-electron chi connectivity index (χ4n) is 3.54. The Labute approximate surface area is 144 Å². The van der Waals surface area contributed by atoms with E-state index in [1.54, 1.807) is 5.06 Å². The molecule has 1 amide bonds. The Kier molecular flexibility index (Phi) is 7.24. The zero-order chi connectivity index (χ0) is 17.4. The van der Waals surface area contributed by atoms with Crippen LogP contribution in [0.15, 0.2) is 12.7 Å². The second-order valence-electron chi connectivity index (χ2n) is 6.77. The lowest BCUT2D eigenvalue weighted by Crippen LogP contribution is -2.55. The number of amides is 1. The van der Waals surface area contributed by atoms with Gasteiger partial charge in [-0.2, -0.15) is 0 Å². The topological polar surface area (TPSA) is 70.7 Å². The zero-order valence-corrected chi connectivity index (χ0v) is 14.8. The van der Waals surface area contributed by atoms with Gasteiger partial charge in [0.15, 0.2) is 0 Å². The largest absolute Gasteiger partial charge is 0.365 e. The summed E-state index contributed by atoms with van der Waals surface area (Å²) in [5.41, 5.74) is -0.677. The van der Waals surface area contributed by atoms with Crippen LogP contribution < -0.4 is 10.6 Å². The van der Waals surface area contributed by atoms with E-state index in [1.165, 1.54) is 0 Å². The monoisotopic (exact) mass is 337 g/mol. The van der Waals surface area contributed by atoms with Gasteiger partial charge in [-0.15, -0.1) is 11.6 Å². The molecule has 0 aliphatic carbocycles. The Hall–Kier alpha value is -1.40. The van der Waals surface area contributed by atoms with Crippen LogP contribution in [0.2, 0.25) is 0 Å². The Morgan fingerprint density at radius 1 is 1.38 bits per heavy atom. The third kappa shape index (κ3) is 4.36. The first kappa shape index (κ1) is 18.9. The number of hydrogen-bond acceptors (Lipinski definition) is 5. The van der Waals surface area contributed by atoms with Gasteiger partial charge in [-0.25, -0.2) is 0 Å². The molecule has 0 aromatic carbocycles. The maximum Gasteiger partial charge on any atom is 0.328 e. The number of nitrogens with zero attached hydrogens (tertiary/aromatic N) is 1. The van der Waals surface area contributed by atoms with E-state index in [2.05, 4.69) is 17.2 Å². The van der Waals surface area contributed by atoms with Crippen LogP contribution in [0.1, 0.15) is 58.3 Å². The average molecular weight is 337 g/mol. The SMILES string of the molecule is C=CCCCCCC(CC)C(=O)ON1CNC(=O)C12CCNCC2. The first-order valence-electron chi connectivity index (χ1n) is 9.23. The Bertz CT molecular complexity index is 447. The fourth-order valence-corrected chi connectivity index (χ4v) is 3.54. The fraction of sp³-hybridized carbons (Fsp3) is 0.778. The highest BCUT2D eigenvalue weighted by atomic mass is 16.7.